The number of hydrogen-bond donors (Lipinski definition) is 1. The predicted molar refractivity (Wildman–Crippen MR) is 69.5 cm³/mol. The fourth-order valence-corrected chi connectivity index (χ4v) is 3.72. The van der Waals surface area contributed by atoms with E-state index in [0.717, 1.165) is 16.9 Å². The number of benzene rings is 1. The van der Waals surface area contributed by atoms with Crippen molar-refractivity contribution >= 4 is 10.8 Å². The SMILES string of the molecule is Cc1ccc(S(=O)C2COCCC2N)c(C)c1. The van der Waals surface area contributed by atoms with Gasteiger partial charge in [0.05, 0.1) is 22.7 Å². The first-order valence-corrected chi connectivity index (χ1v) is 7.12. The molecule has 2 N–H and O–H groups in total. The molecule has 1 fully saturated rings. The van der Waals surface area contributed by atoms with Gasteiger partial charge in [0.25, 0.3) is 0 Å². The molecule has 1 saturated heterocycles. The minimum absolute atomic E-state index is 0.0229. The molecule has 0 aliphatic carbocycles. The van der Waals surface area contributed by atoms with Crippen LogP contribution < -0.4 is 5.73 Å². The van der Waals surface area contributed by atoms with Crippen molar-refractivity contribution in [3.8, 4) is 0 Å². The molecule has 0 amide bonds. The highest BCUT2D eigenvalue weighted by molar-refractivity contribution is 7.85. The van der Waals surface area contributed by atoms with Gasteiger partial charge in [0, 0.05) is 17.5 Å². The van der Waals surface area contributed by atoms with Crippen molar-refractivity contribution in [1.29, 1.82) is 0 Å². The average molecular weight is 253 g/mol. The minimum atomic E-state index is -1.07. The number of rotatable bonds is 2. The zero-order valence-corrected chi connectivity index (χ0v) is 11.1. The van der Waals surface area contributed by atoms with Gasteiger partial charge in [-0.1, -0.05) is 17.7 Å². The first-order valence-electron chi connectivity index (χ1n) is 5.91. The zero-order valence-electron chi connectivity index (χ0n) is 10.3. The van der Waals surface area contributed by atoms with Crippen LogP contribution in [0.4, 0.5) is 0 Å². The van der Waals surface area contributed by atoms with Crippen LogP contribution in [0.2, 0.25) is 0 Å². The summed E-state index contributed by atoms with van der Waals surface area (Å²) < 4.78 is 17.9. The highest BCUT2D eigenvalue weighted by Crippen LogP contribution is 2.22. The van der Waals surface area contributed by atoms with E-state index in [1.807, 2.05) is 26.0 Å². The smallest absolute Gasteiger partial charge is 0.0779 e. The molecule has 1 aromatic rings. The van der Waals surface area contributed by atoms with Gasteiger partial charge in [0.2, 0.25) is 0 Å². The number of hydrogen-bond acceptors (Lipinski definition) is 3. The second kappa shape index (κ2) is 5.29. The lowest BCUT2D eigenvalue weighted by Crippen LogP contribution is -2.45. The third-order valence-electron chi connectivity index (χ3n) is 3.18. The van der Waals surface area contributed by atoms with Gasteiger partial charge in [0.15, 0.2) is 0 Å². The summed E-state index contributed by atoms with van der Waals surface area (Å²) in [7, 11) is -1.07. The number of aryl methyl sites for hydroxylation is 2. The molecule has 3 unspecified atom stereocenters. The second-order valence-corrected chi connectivity index (χ2v) is 6.27. The van der Waals surface area contributed by atoms with Crippen molar-refractivity contribution in [3.63, 3.8) is 0 Å². The topological polar surface area (TPSA) is 52.3 Å². The summed E-state index contributed by atoms with van der Waals surface area (Å²) in [6.45, 7) is 5.22. The standard InChI is InChI=1S/C13H19NO2S/c1-9-3-4-12(10(2)7-9)17(15)13-8-16-6-5-11(13)14/h3-4,7,11,13H,5-6,8,14H2,1-2H3. The van der Waals surface area contributed by atoms with E-state index >= 15 is 0 Å². The Morgan fingerprint density at radius 3 is 2.82 bits per heavy atom. The maximum Gasteiger partial charge on any atom is 0.0779 e. The Balaban J connectivity index is 2.24. The summed E-state index contributed by atoms with van der Waals surface area (Å²) >= 11 is 0. The maximum atomic E-state index is 12.5. The zero-order chi connectivity index (χ0) is 12.4. The van der Waals surface area contributed by atoms with Crippen molar-refractivity contribution in [2.75, 3.05) is 13.2 Å². The number of nitrogens with two attached hydrogens (primary N) is 1. The van der Waals surface area contributed by atoms with Crippen LogP contribution in [0.1, 0.15) is 17.5 Å². The van der Waals surface area contributed by atoms with Gasteiger partial charge in [-0.25, -0.2) is 0 Å². The quantitative estimate of drug-likeness (QED) is 0.869. The molecule has 0 saturated carbocycles. The molecule has 17 heavy (non-hydrogen) atoms. The summed E-state index contributed by atoms with van der Waals surface area (Å²) in [4.78, 5) is 0.890. The lowest BCUT2D eigenvalue weighted by Gasteiger charge is -2.28. The summed E-state index contributed by atoms with van der Waals surface area (Å²) in [5.41, 5.74) is 8.28. The Morgan fingerprint density at radius 2 is 2.18 bits per heavy atom. The first kappa shape index (κ1) is 12.7. The van der Waals surface area contributed by atoms with E-state index in [1.165, 1.54) is 5.56 Å². The van der Waals surface area contributed by atoms with E-state index in [2.05, 4.69) is 6.07 Å². The highest BCUT2D eigenvalue weighted by Gasteiger charge is 2.29. The van der Waals surface area contributed by atoms with Crippen LogP contribution in [-0.2, 0) is 15.5 Å². The molecule has 0 radical (unpaired) electrons. The largest absolute Gasteiger partial charge is 0.380 e. The lowest BCUT2D eigenvalue weighted by molar-refractivity contribution is 0.0904. The van der Waals surface area contributed by atoms with Crippen LogP contribution in [0.25, 0.3) is 0 Å². The molecular formula is C13H19NO2S. The van der Waals surface area contributed by atoms with Gasteiger partial charge in [-0.15, -0.1) is 0 Å². The molecule has 1 aromatic carbocycles. The van der Waals surface area contributed by atoms with E-state index in [-0.39, 0.29) is 11.3 Å². The summed E-state index contributed by atoms with van der Waals surface area (Å²) in [5.74, 6) is 0. The molecule has 2 rings (SSSR count). The van der Waals surface area contributed by atoms with Gasteiger partial charge in [-0.05, 0) is 31.9 Å². The van der Waals surface area contributed by atoms with Crippen LogP contribution in [0.5, 0.6) is 0 Å². The molecule has 0 bridgehead atoms. The molecule has 1 aliphatic rings. The number of ether oxygens (including phenoxy) is 1. The van der Waals surface area contributed by atoms with Crippen molar-refractivity contribution < 1.29 is 8.95 Å². The molecule has 3 nitrogen and oxygen atoms in total. The van der Waals surface area contributed by atoms with E-state index in [1.54, 1.807) is 0 Å². The van der Waals surface area contributed by atoms with E-state index in [0.29, 0.717) is 13.2 Å². The van der Waals surface area contributed by atoms with E-state index < -0.39 is 10.8 Å². The third kappa shape index (κ3) is 2.76. The predicted octanol–water partition coefficient (Wildman–Crippen LogP) is 1.53. The Bertz CT molecular complexity index is 433. The van der Waals surface area contributed by atoms with E-state index in [4.69, 9.17) is 10.5 Å². The van der Waals surface area contributed by atoms with Crippen molar-refractivity contribution in [1.82, 2.24) is 0 Å². The summed E-state index contributed by atoms with van der Waals surface area (Å²) in [6, 6.07) is 5.98. The van der Waals surface area contributed by atoms with Crippen LogP contribution in [0, 0.1) is 13.8 Å². The summed E-state index contributed by atoms with van der Waals surface area (Å²) in [6.07, 6.45) is 0.793. The van der Waals surface area contributed by atoms with Gasteiger partial charge in [-0.3, -0.25) is 4.21 Å². The van der Waals surface area contributed by atoms with Gasteiger partial charge < -0.3 is 10.5 Å². The molecule has 4 heteroatoms. The monoisotopic (exact) mass is 253 g/mol. The molecule has 94 valence electrons. The van der Waals surface area contributed by atoms with Crippen LogP contribution in [0.3, 0.4) is 0 Å². The average Bonchev–Trinajstić information content (AvgIpc) is 2.29. The molecule has 1 heterocycles. The van der Waals surface area contributed by atoms with Gasteiger partial charge >= 0.3 is 0 Å². The highest BCUT2D eigenvalue weighted by atomic mass is 32.2. The normalized spacial score (nSPS) is 26.8. The fourth-order valence-electron chi connectivity index (χ4n) is 2.14. The molecule has 0 spiro atoms. The lowest BCUT2D eigenvalue weighted by atomic mass is 10.1. The maximum absolute atomic E-state index is 12.5. The van der Waals surface area contributed by atoms with Crippen LogP contribution in [-0.4, -0.2) is 28.7 Å². The van der Waals surface area contributed by atoms with Gasteiger partial charge in [0.1, 0.15) is 0 Å². The summed E-state index contributed by atoms with van der Waals surface area (Å²) in [5, 5.41) is -0.0786. The Labute approximate surface area is 105 Å². The van der Waals surface area contributed by atoms with Crippen molar-refractivity contribution in [3.05, 3.63) is 29.3 Å². The molecule has 1 aliphatic heterocycles. The first-order chi connectivity index (χ1) is 8.09. The van der Waals surface area contributed by atoms with Crippen LogP contribution >= 0.6 is 0 Å². The Morgan fingerprint density at radius 1 is 1.41 bits per heavy atom. The van der Waals surface area contributed by atoms with Crippen LogP contribution in [0.15, 0.2) is 23.1 Å². The third-order valence-corrected chi connectivity index (χ3v) is 5.10. The molecular weight excluding hydrogens is 234 g/mol. The molecule has 3 atom stereocenters. The Hall–Kier alpha value is -0.710. The molecule has 0 aromatic heterocycles. The minimum Gasteiger partial charge on any atom is -0.380 e. The van der Waals surface area contributed by atoms with E-state index in [9.17, 15) is 4.21 Å². The second-order valence-electron chi connectivity index (χ2n) is 4.63. The van der Waals surface area contributed by atoms with Crippen molar-refractivity contribution in [2.24, 2.45) is 5.73 Å². The Kier molecular flexibility index (Phi) is 3.97. The fraction of sp³-hybridized carbons (Fsp3) is 0.538. The van der Waals surface area contributed by atoms with Crippen molar-refractivity contribution in [2.45, 2.75) is 36.5 Å². The van der Waals surface area contributed by atoms with Gasteiger partial charge in [-0.2, -0.15) is 0 Å².